The number of nitrogens with one attached hydrogen (secondary N) is 1. The first-order valence-corrected chi connectivity index (χ1v) is 10.00. The van der Waals surface area contributed by atoms with Gasteiger partial charge in [-0.25, -0.2) is 17.7 Å². The first kappa shape index (κ1) is 18.3. The Kier molecular flexibility index (Phi) is 5.42. The maximum absolute atomic E-state index is 11.9. The van der Waals surface area contributed by atoms with Gasteiger partial charge in [0.15, 0.2) is 0 Å². The van der Waals surface area contributed by atoms with Crippen molar-refractivity contribution < 1.29 is 18.3 Å². The van der Waals surface area contributed by atoms with Crippen LogP contribution < -0.4 is 10.2 Å². The lowest BCUT2D eigenvalue weighted by molar-refractivity contribution is 0.140. The molecule has 0 saturated carbocycles. The summed E-state index contributed by atoms with van der Waals surface area (Å²) in [5.41, 5.74) is 0.891. The minimum absolute atomic E-state index is 0.0103. The molecule has 0 aliphatic carbocycles. The number of hydrogen-bond donors (Lipinski definition) is 2. The maximum Gasteiger partial charge on any atom is 0.227 e. The molecule has 2 aliphatic rings. The van der Waals surface area contributed by atoms with E-state index in [0.717, 1.165) is 18.7 Å². The second-order valence-corrected chi connectivity index (χ2v) is 8.92. The largest absolute Gasteiger partial charge is 0.389 e. The van der Waals surface area contributed by atoms with Crippen LogP contribution in [0.3, 0.4) is 0 Å². The number of rotatable bonds is 7. The number of aromatic nitrogens is 2. The molecule has 0 aromatic carbocycles. The first-order chi connectivity index (χ1) is 11.8. The summed E-state index contributed by atoms with van der Waals surface area (Å²) in [5.74, 6) is 1.37. The van der Waals surface area contributed by atoms with Gasteiger partial charge in [-0.05, 0) is 6.42 Å². The highest BCUT2D eigenvalue weighted by molar-refractivity contribution is 7.89. The lowest BCUT2D eigenvalue weighted by Crippen LogP contribution is -2.51. The van der Waals surface area contributed by atoms with Crippen molar-refractivity contribution in [3.8, 4) is 0 Å². The van der Waals surface area contributed by atoms with Crippen LogP contribution in [0, 0.1) is 0 Å². The third kappa shape index (κ3) is 4.38. The van der Waals surface area contributed by atoms with Gasteiger partial charge >= 0.3 is 0 Å². The van der Waals surface area contributed by atoms with Gasteiger partial charge in [-0.15, -0.1) is 0 Å². The van der Waals surface area contributed by atoms with Crippen molar-refractivity contribution >= 4 is 21.8 Å². The summed E-state index contributed by atoms with van der Waals surface area (Å²) in [6.45, 7) is 2.64. The molecule has 0 radical (unpaired) electrons. The number of anilines is 2. The SMILES string of the molecule is CN(C)S(=O)(=O)CCNc1cc([C@@H]2CCOC2)nc(N2CC(O)C2)n1. The summed E-state index contributed by atoms with van der Waals surface area (Å²) < 4.78 is 30.4. The first-order valence-electron chi connectivity index (χ1n) is 8.39. The van der Waals surface area contributed by atoms with Crippen molar-refractivity contribution in [2.24, 2.45) is 0 Å². The average Bonchev–Trinajstić information content (AvgIpc) is 3.05. The zero-order valence-electron chi connectivity index (χ0n) is 14.6. The van der Waals surface area contributed by atoms with E-state index >= 15 is 0 Å². The molecule has 10 heteroatoms. The second kappa shape index (κ2) is 7.40. The van der Waals surface area contributed by atoms with Gasteiger partial charge in [-0.1, -0.05) is 0 Å². The lowest BCUT2D eigenvalue weighted by atomic mass is 10.0. The summed E-state index contributed by atoms with van der Waals surface area (Å²) in [6.07, 6.45) is 0.566. The molecule has 2 N–H and O–H groups in total. The Hall–Kier alpha value is -1.49. The molecule has 2 aliphatic heterocycles. The number of sulfonamides is 1. The van der Waals surface area contributed by atoms with Crippen LogP contribution in [0.4, 0.5) is 11.8 Å². The Morgan fingerprint density at radius 1 is 1.40 bits per heavy atom. The van der Waals surface area contributed by atoms with Gasteiger partial charge < -0.3 is 20.1 Å². The van der Waals surface area contributed by atoms with Gasteiger partial charge in [-0.2, -0.15) is 4.98 Å². The minimum atomic E-state index is -3.26. The molecule has 3 rings (SSSR count). The Morgan fingerprint density at radius 2 is 2.16 bits per heavy atom. The standard InChI is InChI=1S/C15H25N5O4S/c1-19(2)25(22,23)6-4-16-14-7-13(11-3-5-24-10-11)17-15(18-14)20-8-12(21)9-20/h7,11-12,21H,3-6,8-10H2,1-2H3,(H,16,17,18)/t11-/m1/s1. The summed E-state index contributed by atoms with van der Waals surface area (Å²) in [6, 6.07) is 1.86. The zero-order chi connectivity index (χ0) is 18.0. The van der Waals surface area contributed by atoms with Crippen LogP contribution in [0.5, 0.6) is 0 Å². The molecule has 3 heterocycles. The molecule has 0 bridgehead atoms. The van der Waals surface area contributed by atoms with E-state index in [1.165, 1.54) is 18.4 Å². The van der Waals surface area contributed by atoms with Crippen LogP contribution in [0.25, 0.3) is 0 Å². The summed E-state index contributed by atoms with van der Waals surface area (Å²) in [7, 11) is -0.219. The molecule has 1 atom stereocenters. The van der Waals surface area contributed by atoms with Gasteiger partial charge in [-0.3, -0.25) is 0 Å². The number of aliphatic hydroxyl groups is 1. The van der Waals surface area contributed by atoms with E-state index in [2.05, 4.69) is 15.3 Å². The van der Waals surface area contributed by atoms with Crippen LogP contribution >= 0.6 is 0 Å². The number of aliphatic hydroxyl groups excluding tert-OH is 1. The minimum Gasteiger partial charge on any atom is -0.389 e. The van der Waals surface area contributed by atoms with Crippen LogP contribution in [0.2, 0.25) is 0 Å². The van der Waals surface area contributed by atoms with Crippen molar-refractivity contribution in [2.75, 3.05) is 62.9 Å². The van der Waals surface area contributed by atoms with Crippen molar-refractivity contribution in [3.63, 3.8) is 0 Å². The third-order valence-corrected chi connectivity index (χ3v) is 6.28. The van der Waals surface area contributed by atoms with Crippen LogP contribution in [0.15, 0.2) is 6.07 Å². The highest BCUT2D eigenvalue weighted by Crippen LogP contribution is 2.28. The normalized spacial score (nSPS) is 21.6. The zero-order valence-corrected chi connectivity index (χ0v) is 15.4. The molecule has 1 aromatic rings. The van der Waals surface area contributed by atoms with Crippen LogP contribution in [0.1, 0.15) is 18.0 Å². The maximum atomic E-state index is 11.9. The van der Waals surface area contributed by atoms with E-state index in [4.69, 9.17) is 4.74 Å². The van der Waals surface area contributed by atoms with E-state index < -0.39 is 10.0 Å². The summed E-state index contributed by atoms with van der Waals surface area (Å²) in [4.78, 5) is 11.0. The average molecular weight is 371 g/mol. The van der Waals surface area contributed by atoms with E-state index in [0.29, 0.717) is 31.5 Å². The lowest BCUT2D eigenvalue weighted by Gasteiger charge is -2.36. The number of hydrogen-bond acceptors (Lipinski definition) is 8. The monoisotopic (exact) mass is 371 g/mol. The van der Waals surface area contributed by atoms with E-state index in [1.54, 1.807) is 0 Å². The molecular weight excluding hydrogens is 346 g/mol. The van der Waals surface area contributed by atoms with Crippen molar-refractivity contribution in [3.05, 3.63) is 11.8 Å². The Bertz CT molecular complexity index is 700. The highest BCUT2D eigenvalue weighted by atomic mass is 32.2. The van der Waals surface area contributed by atoms with Gasteiger partial charge in [0.05, 0.1) is 24.2 Å². The number of β-amino-alcohol motifs (C(OH)–C–C–N with tert-alkyl or cyclic N) is 1. The molecule has 0 unspecified atom stereocenters. The summed E-state index contributed by atoms with van der Waals surface area (Å²) in [5, 5.41) is 12.6. The fourth-order valence-corrected chi connectivity index (χ4v) is 3.50. The van der Waals surface area contributed by atoms with E-state index in [9.17, 15) is 13.5 Å². The second-order valence-electron chi connectivity index (χ2n) is 6.62. The van der Waals surface area contributed by atoms with Gasteiger partial charge in [0, 0.05) is 52.3 Å². The number of ether oxygens (including phenoxy) is 1. The van der Waals surface area contributed by atoms with Crippen molar-refractivity contribution in [1.29, 1.82) is 0 Å². The molecule has 2 saturated heterocycles. The number of nitrogens with zero attached hydrogens (tertiary/aromatic N) is 4. The topological polar surface area (TPSA) is 108 Å². The van der Waals surface area contributed by atoms with Crippen LogP contribution in [-0.4, -0.2) is 86.6 Å². The molecule has 25 heavy (non-hydrogen) atoms. The van der Waals surface area contributed by atoms with Gasteiger partial charge in [0.2, 0.25) is 16.0 Å². The molecule has 140 valence electrons. The fourth-order valence-electron chi connectivity index (χ4n) is 2.77. The van der Waals surface area contributed by atoms with Crippen LogP contribution in [-0.2, 0) is 14.8 Å². The molecule has 9 nitrogen and oxygen atoms in total. The molecular formula is C15H25N5O4S. The van der Waals surface area contributed by atoms with Gasteiger partial charge in [0.1, 0.15) is 5.82 Å². The predicted molar refractivity (Wildman–Crippen MR) is 94.4 cm³/mol. The molecule has 0 amide bonds. The highest BCUT2D eigenvalue weighted by Gasteiger charge is 2.29. The van der Waals surface area contributed by atoms with Gasteiger partial charge in [0.25, 0.3) is 0 Å². The Balaban J connectivity index is 1.73. The van der Waals surface area contributed by atoms with Crippen molar-refractivity contribution in [2.45, 2.75) is 18.4 Å². The molecule has 0 spiro atoms. The third-order valence-electron chi connectivity index (χ3n) is 4.45. The summed E-state index contributed by atoms with van der Waals surface area (Å²) >= 11 is 0. The Morgan fingerprint density at radius 3 is 2.76 bits per heavy atom. The van der Waals surface area contributed by atoms with E-state index in [1.807, 2.05) is 11.0 Å². The van der Waals surface area contributed by atoms with E-state index in [-0.39, 0.29) is 24.3 Å². The smallest absolute Gasteiger partial charge is 0.227 e. The quantitative estimate of drug-likeness (QED) is 0.658. The Labute approximate surface area is 148 Å². The molecule has 1 aromatic heterocycles. The predicted octanol–water partition coefficient (Wildman–Crippen LogP) is -0.535. The van der Waals surface area contributed by atoms with Crippen molar-refractivity contribution in [1.82, 2.24) is 14.3 Å². The fraction of sp³-hybridized carbons (Fsp3) is 0.733. The molecule has 2 fully saturated rings.